The summed E-state index contributed by atoms with van der Waals surface area (Å²) in [7, 11) is 0. The van der Waals surface area contributed by atoms with E-state index in [0.717, 1.165) is 12.1 Å². The van der Waals surface area contributed by atoms with E-state index >= 15 is 0 Å². The molecule has 0 radical (unpaired) electrons. The van der Waals surface area contributed by atoms with Crippen molar-refractivity contribution < 1.29 is 22.4 Å². The van der Waals surface area contributed by atoms with Crippen LogP contribution < -0.4 is 0 Å². The zero-order valence-corrected chi connectivity index (χ0v) is 8.57. The molecule has 0 atom stereocenters. The maximum atomic E-state index is 12.9. The molecule has 0 bridgehead atoms. The number of alkyl halides is 3. The van der Waals surface area contributed by atoms with Crippen LogP contribution in [0.3, 0.4) is 0 Å². The van der Waals surface area contributed by atoms with Gasteiger partial charge in [-0.15, -0.1) is 0 Å². The molecule has 1 rings (SSSR count). The van der Waals surface area contributed by atoms with E-state index in [9.17, 15) is 22.4 Å². The molecule has 1 aromatic carbocycles. The summed E-state index contributed by atoms with van der Waals surface area (Å²) >= 11 is 0. The lowest BCUT2D eigenvalue weighted by Crippen LogP contribution is -2.07. The minimum atomic E-state index is -4.56. The van der Waals surface area contributed by atoms with Crippen molar-refractivity contribution >= 4 is 5.78 Å². The zero-order chi connectivity index (χ0) is 12.3. The summed E-state index contributed by atoms with van der Waals surface area (Å²) in [4.78, 5) is 10.7. The van der Waals surface area contributed by atoms with Gasteiger partial charge in [0.05, 0.1) is 5.56 Å². The second-order valence-corrected chi connectivity index (χ2v) is 3.55. The van der Waals surface area contributed by atoms with E-state index in [0.29, 0.717) is 6.07 Å². The van der Waals surface area contributed by atoms with Crippen LogP contribution in [0.1, 0.15) is 24.5 Å². The number of aryl methyl sites for hydroxylation is 1. The molecule has 0 saturated heterocycles. The van der Waals surface area contributed by atoms with Crippen LogP contribution in [-0.4, -0.2) is 5.78 Å². The number of hydrogen-bond acceptors (Lipinski definition) is 1. The van der Waals surface area contributed by atoms with Crippen LogP contribution in [0.15, 0.2) is 18.2 Å². The van der Waals surface area contributed by atoms with Gasteiger partial charge in [-0.05, 0) is 37.1 Å². The second-order valence-electron chi connectivity index (χ2n) is 3.55. The Hall–Kier alpha value is -1.39. The molecule has 0 unspecified atom stereocenters. The molecule has 0 heterocycles. The predicted octanol–water partition coefficient (Wildman–Crippen LogP) is 3.37. The Labute approximate surface area is 90.1 Å². The van der Waals surface area contributed by atoms with Crippen molar-refractivity contribution in [2.45, 2.75) is 25.9 Å². The Balaban J connectivity index is 2.94. The van der Waals surface area contributed by atoms with Crippen molar-refractivity contribution in [3.63, 3.8) is 0 Å². The number of rotatable bonds is 3. The number of benzene rings is 1. The first-order valence-corrected chi connectivity index (χ1v) is 4.65. The predicted molar refractivity (Wildman–Crippen MR) is 50.4 cm³/mol. The highest BCUT2D eigenvalue weighted by atomic mass is 19.4. The average Bonchev–Trinajstić information content (AvgIpc) is 2.12. The lowest BCUT2D eigenvalue weighted by molar-refractivity contribution is -0.137. The minimum absolute atomic E-state index is 0.112. The summed E-state index contributed by atoms with van der Waals surface area (Å²) in [5, 5.41) is 0. The smallest absolute Gasteiger partial charge is 0.300 e. The van der Waals surface area contributed by atoms with E-state index in [4.69, 9.17) is 0 Å². The molecular formula is C11H10F4O. The van der Waals surface area contributed by atoms with E-state index in [2.05, 4.69) is 0 Å². The highest BCUT2D eigenvalue weighted by Gasteiger charge is 2.31. The summed E-state index contributed by atoms with van der Waals surface area (Å²) in [5.41, 5.74) is -0.839. The van der Waals surface area contributed by atoms with E-state index < -0.39 is 17.6 Å². The van der Waals surface area contributed by atoms with Crippen LogP contribution >= 0.6 is 0 Å². The van der Waals surface area contributed by atoms with Crippen LogP contribution in [0.25, 0.3) is 0 Å². The SMILES string of the molecule is CC(=O)CCc1cc(F)cc(C(F)(F)F)c1. The van der Waals surface area contributed by atoms with Crippen molar-refractivity contribution in [3.8, 4) is 0 Å². The summed E-state index contributed by atoms with van der Waals surface area (Å²) in [6.07, 6.45) is -4.33. The van der Waals surface area contributed by atoms with Gasteiger partial charge in [0.1, 0.15) is 11.6 Å². The molecule has 0 amide bonds. The lowest BCUT2D eigenvalue weighted by Gasteiger charge is -2.08. The van der Waals surface area contributed by atoms with Gasteiger partial charge < -0.3 is 4.79 Å². The average molecular weight is 234 g/mol. The normalized spacial score (nSPS) is 11.6. The van der Waals surface area contributed by atoms with Crippen LogP contribution in [0.4, 0.5) is 17.6 Å². The molecule has 1 nitrogen and oxygen atoms in total. The highest BCUT2D eigenvalue weighted by molar-refractivity contribution is 5.75. The number of hydrogen-bond donors (Lipinski definition) is 0. The Morgan fingerprint density at radius 2 is 1.88 bits per heavy atom. The van der Waals surface area contributed by atoms with Gasteiger partial charge in [0.15, 0.2) is 0 Å². The third-order valence-electron chi connectivity index (χ3n) is 2.05. The molecule has 0 spiro atoms. The maximum Gasteiger partial charge on any atom is 0.416 e. The van der Waals surface area contributed by atoms with Gasteiger partial charge in [0, 0.05) is 6.42 Å². The van der Waals surface area contributed by atoms with Crippen molar-refractivity contribution in [1.82, 2.24) is 0 Å². The van der Waals surface area contributed by atoms with Gasteiger partial charge >= 0.3 is 6.18 Å². The molecule has 16 heavy (non-hydrogen) atoms. The van der Waals surface area contributed by atoms with Crippen molar-refractivity contribution in [3.05, 3.63) is 35.1 Å². The molecule has 0 aliphatic rings. The Kier molecular flexibility index (Phi) is 3.67. The number of Topliss-reactive ketones (excluding diaryl/α,β-unsaturated/α-hetero) is 1. The first kappa shape index (κ1) is 12.7. The van der Waals surface area contributed by atoms with E-state index in [1.807, 2.05) is 0 Å². The highest BCUT2D eigenvalue weighted by Crippen LogP contribution is 2.30. The maximum absolute atomic E-state index is 12.9. The molecule has 5 heteroatoms. The van der Waals surface area contributed by atoms with Gasteiger partial charge in [0.25, 0.3) is 0 Å². The standard InChI is InChI=1S/C11H10F4O/c1-7(16)2-3-8-4-9(11(13,14)15)6-10(12)5-8/h4-6H,2-3H2,1H3. The number of ketones is 1. The zero-order valence-electron chi connectivity index (χ0n) is 8.57. The fraction of sp³-hybridized carbons (Fsp3) is 0.364. The molecule has 0 N–H and O–H groups in total. The van der Waals surface area contributed by atoms with Crippen molar-refractivity contribution in [2.75, 3.05) is 0 Å². The molecular weight excluding hydrogens is 224 g/mol. The van der Waals surface area contributed by atoms with Gasteiger partial charge in [-0.25, -0.2) is 4.39 Å². The Morgan fingerprint density at radius 1 is 1.25 bits per heavy atom. The fourth-order valence-corrected chi connectivity index (χ4v) is 1.28. The van der Waals surface area contributed by atoms with E-state index in [-0.39, 0.29) is 24.2 Å². The Bertz CT molecular complexity index is 395. The van der Waals surface area contributed by atoms with Gasteiger partial charge in [-0.3, -0.25) is 0 Å². The van der Waals surface area contributed by atoms with Gasteiger partial charge in [-0.2, -0.15) is 13.2 Å². The first-order valence-electron chi connectivity index (χ1n) is 4.65. The molecule has 0 aliphatic carbocycles. The topological polar surface area (TPSA) is 17.1 Å². The van der Waals surface area contributed by atoms with E-state index in [1.54, 1.807) is 0 Å². The third-order valence-corrected chi connectivity index (χ3v) is 2.05. The Morgan fingerprint density at radius 3 is 2.38 bits per heavy atom. The van der Waals surface area contributed by atoms with Crippen molar-refractivity contribution in [2.24, 2.45) is 0 Å². The number of halogens is 4. The quantitative estimate of drug-likeness (QED) is 0.733. The second kappa shape index (κ2) is 4.63. The lowest BCUT2D eigenvalue weighted by atomic mass is 10.0. The van der Waals surface area contributed by atoms with Crippen LogP contribution in [-0.2, 0) is 17.4 Å². The van der Waals surface area contributed by atoms with Crippen LogP contribution in [0.2, 0.25) is 0 Å². The number of carbonyl (C=O) groups excluding carboxylic acids is 1. The minimum Gasteiger partial charge on any atom is -0.300 e. The monoisotopic (exact) mass is 234 g/mol. The molecule has 88 valence electrons. The van der Waals surface area contributed by atoms with Crippen LogP contribution in [0.5, 0.6) is 0 Å². The third kappa shape index (κ3) is 3.64. The molecule has 0 fully saturated rings. The van der Waals surface area contributed by atoms with Gasteiger partial charge in [-0.1, -0.05) is 0 Å². The molecule has 0 aromatic heterocycles. The molecule has 0 aliphatic heterocycles. The summed E-state index contributed by atoms with van der Waals surface area (Å²) in [6.45, 7) is 1.34. The summed E-state index contributed by atoms with van der Waals surface area (Å²) in [5.74, 6) is -1.08. The first-order chi connectivity index (χ1) is 7.29. The fourth-order valence-electron chi connectivity index (χ4n) is 1.28. The number of carbonyl (C=O) groups is 1. The van der Waals surface area contributed by atoms with Gasteiger partial charge in [0.2, 0.25) is 0 Å². The summed E-state index contributed by atoms with van der Waals surface area (Å²) < 4.78 is 49.8. The molecule has 0 saturated carbocycles. The molecule has 1 aromatic rings. The summed E-state index contributed by atoms with van der Waals surface area (Å²) in [6, 6.07) is 2.32. The van der Waals surface area contributed by atoms with Crippen molar-refractivity contribution in [1.29, 1.82) is 0 Å². The van der Waals surface area contributed by atoms with E-state index in [1.165, 1.54) is 6.92 Å². The largest absolute Gasteiger partial charge is 0.416 e. The van der Waals surface area contributed by atoms with Crippen LogP contribution in [0, 0.1) is 5.82 Å².